The number of aryl methyl sites for hydroxylation is 2. The van der Waals surface area contributed by atoms with E-state index in [-0.39, 0.29) is 18.4 Å². The van der Waals surface area contributed by atoms with Crippen LogP contribution in [-0.4, -0.2) is 22.7 Å². The summed E-state index contributed by atoms with van der Waals surface area (Å²) in [6, 6.07) is 7.44. The third-order valence-electron chi connectivity index (χ3n) is 4.34. The van der Waals surface area contributed by atoms with E-state index in [0.717, 1.165) is 22.6 Å². The van der Waals surface area contributed by atoms with Gasteiger partial charge in [0.1, 0.15) is 21.6 Å². The van der Waals surface area contributed by atoms with E-state index >= 15 is 0 Å². The van der Waals surface area contributed by atoms with Crippen molar-refractivity contribution in [3.8, 4) is 5.75 Å². The molecule has 2 aromatic rings. The van der Waals surface area contributed by atoms with E-state index in [1.807, 2.05) is 38.1 Å². The van der Waals surface area contributed by atoms with Gasteiger partial charge in [-0.2, -0.15) is 0 Å². The first kappa shape index (κ1) is 17.8. The molecule has 0 saturated carbocycles. The lowest BCUT2D eigenvalue weighted by molar-refractivity contribution is -0.121. The number of furan rings is 1. The summed E-state index contributed by atoms with van der Waals surface area (Å²) >= 11 is 6.24. The standard InChI is InChI=1S/C19H16N2O4S2/c1-10-5-13(11(2)25-10)8-21-14-6-12(3-4-15(14)24-9-17(21)22)7-16-18(23)20-19(26)27-16/h3-7H,8-9H2,1-2H3,(H,20,23,26). The molecular weight excluding hydrogens is 384 g/mol. The van der Waals surface area contributed by atoms with Crippen molar-refractivity contribution in [1.82, 2.24) is 5.32 Å². The van der Waals surface area contributed by atoms with E-state index in [0.29, 0.717) is 27.2 Å². The number of hydrogen-bond donors (Lipinski definition) is 1. The van der Waals surface area contributed by atoms with E-state index < -0.39 is 0 Å². The van der Waals surface area contributed by atoms with Crippen LogP contribution in [0.3, 0.4) is 0 Å². The lowest BCUT2D eigenvalue weighted by Crippen LogP contribution is -2.38. The number of rotatable bonds is 3. The Bertz CT molecular complexity index is 1010. The molecule has 0 atom stereocenters. The van der Waals surface area contributed by atoms with Gasteiger partial charge in [-0.3, -0.25) is 9.59 Å². The molecule has 3 heterocycles. The van der Waals surface area contributed by atoms with Gasteiger partial charge in [0, 0.05) is 5.56 Å². The summed E-state index contributed by atoms with van der Waals surface area (Å²) in [4.78, 5) is 26.6. The highest BCUT2D eigenvalue weighted by molar-refractivity contribution is 8.26. The number of anilines is 1. The maximum absolute atomic E-state index is 12.5. The van der Waals surface area contributed by atoms with Crippen LogP contribution in [0.4, 0.5) is 5.69 Å². The SMILES string of the molecule is Cc1cc(CN2C(=O)COc3ccc(C=C4SC(=S)NC4=O)cc32)c(C)o1. The van der Waals surface area contributed by atoms with Crippen molar-refractivity contribution in [2.24, 2.45) is 0 Å². The van der Waals surface area contributed by atoms with E-state index in [4.69, 9.17) is 21.4 Å². The van der Waals surface area contributed by atoms with Crippen molar-refractivity contribution >= 4 is 51.9 Å². The second-order valence-corrected chi connectivity index (χ2v) is 8.01. The molecule has 138 valence electrons. The first-order valence-corrected chi connectivity index (χ1v) is 9.51. The van der Waals surface area contributed by atoms with E-state index in [2.05, 4.69) is 5.32 Å². The summed E-state index contributed by atoms with van der Waals surface area (Å²) in [6.45, 7) is 4.16. The number of carbonyl (C=O) groups is 2. The summed E-state index contributed by atoms with van der Waals surface area (Å²) < 4.78 is 11.6. The number of benzene rings is 1. The van der Waals surface area contributed by atoms with Crippen LogP contribution in [0.15, 0.2) is 33.6 Å². The second-order valence-electron chi connectivity index (χ2n) is 6.29. The predicted octanol–water partition coefficient (Wildman–Crippen LogP) is 3.31. The largest absolute Gasteiger partial charge is 0.482 e. The van der Waals surface area contributed by atoms with Gasteiger partial charge in [0.05, 0.1) is 17.1 Å². The topological polar surface area (TPSA) is 71.8 Å². The number of thiocarbonyl (C=S) groups is 1. The van der Waals surface area contributed by atoms with Crippen molar-refractivity contribution in [1.29, 1.82) is 0 Å². The minimum Gasteiger partial charge on any atom is -0.482 e. The fourth-order valence-corrected chi connectivity index (χ4v) is 4.11. The van der Waals surface area contributed by atoms with Crippen LogP contribution < -0.4 is 15.0 Å². The Balaban J connectivity index is 1.69. The van der Waals surface area contributed by atoms with Crippen LogP contribution in [0, 0.1) is 13.8 Å². The normalized spacial score (nSPS) is 17.9. The Labute approximate surface area is 165 Å². The molecule has 1 aromatic carbocycles. The maximum atomic E-state index is 12.5. The highest BCUT2D eigenvalue weighted by Crippen LogP contribution is 2.36. The van der Waals surface area contributed by atoms with Gasteiger partial charge in [0.25, 0.3) is 11.8 Å². The molecule has 1 N–H and O–H groups in total. The number of amides is 2. The Hall–Kier alpha value is -2.58. The summed E-state index contributed by atoms with van der Waals surface area (Å²) in [5.41, 5.74) is 2.41. The molecular formula is C19H16N2O4S2. The van der Waals surface area contributed by atoms with Crippen LogP contribution in [0.1, 0.15) is 22.6 Å². The number of ether oxygens (including phenoxy) is 1. The van der Waals surface area contributed by atoms with Gasteiger partial charge in [-0.15, -0.1) is 0 Å². The lowest BCUT2D eigenvalue weighted by Gasteiger charge is -2.29. The van der Waals surface area contributed by atoms with Crippen LogP contribution in [0.5, 0.6) is 5.75 Å². The lowest BCUT2D eigenvalue weighted by atomic mass is 10.1. The van der Waals surface area contributed by atoms with Crippen LogP contribution in [-0.2, 0) is 16.1 Å². The van der Waals surface area contributed by atoms with Gasteiger partial charge < -0.3 is 19.4 Å². The van der Waals surface area contributed by atoms with Crippen molar-refractivity contribution < 1.29 is 18.7 Å². The van der Waals surface area contributed by atoms with Gasteiger partial charge in [-0.05, 0) is 43.7 Å². The van der Waals surface area contributed by atoms with Gasteiger partial charge in [-0.1, -0.05) is 30.0 Å². The number of nitrogens with one attached hydrogen (secondary N) is 1. The Morgan fingerprint density at radius 1 is 1.30 bits per heavy atom. The minimum atomic E-state index is -0.212. The van der Waals surface area contributed by atoms with Crippen molar-refractivity contribution in [3.63, 3.8) is 0 Å². The molecule has 2 aliphatic heterocycles. The average Bonchev–Trinajstić information content (AvgIpc) is 3.10. The molecule has 4 rings (SSSR count). The monoisotopic (exact) mass is 400 g/mol. The molecule has 0 spiro atoms. The molecule has 6 nitrogen and oxygen atoms in total. The second kappa shape index (κ2) is 6.86. The van der Waals surface area contributed by atoms with Gasteiger partial charge in [0.15, 0.2) is 6.61 Å². The Morgan fingerprint density at radius 3 is 2.78 bits per heavy atom. The molecule has 0 unspecified atom stereocenters. The Kier molecular flexibility index (Phi) is 4.53. The molecule has 0 aliphatic carbocycles. The first-order valence-electron chi connectivity index (χ1n) is 8.28. The predicted molar refractivity (Wildman–Crippen MR) is 108 cm³/mol. The highest BCUT2D eigenvalue weighted by atomic mass is 32.2. The third-order valence-corrected chi connectivity index (χ3v) is 5.50. The minimum absolute atomic E-state index is 0.00412. The van der Waals surface area contributed by atoms with Crippen molar-refractivity contribution in [3.05, 3.63) is 51.8 Å². The highest BCUT2D eigenvalue weighted by Gasteiger charge is 2.27. The summed E-state index contributed by atoms with van der Waals surface area (Å²) in [7, 11) is 0. The molecule has 8 heteroatoms. The van der Waals surface area contributed by atoms with Crippen molar-refractivity contribution in [2.75, 3.05) is 11.5 Å². The number of nitrogens with zero attached hydrogens (tertiary/aromatic N) is 1. The fraction of sp³-hybridized carbons (Fsp3) is 0.211. The van der Waals surface area contributed by atoms with Gasteiger partial charge in [0.2, 0.25) is 0 Å². The van der Waals surface area contributed by atoms with E-state index in [9.17, 15) is 9.59 Å². The summed E-state index contributed by atoms with van der Waals surface area (Å²) in [5, 5.41) is 2.59. The molecule has 2 amide bonds. The molecule has 1 aromatic heterocycles. The molecule has 0 bridgehead atoms. The molecule has 1 fully saturated rings. The summed E-state index contributed by atoms with van der Waals surface area (Å²) in [6.07, 6.45) is 1.75. The van der Waals surface area contributed by atoms with Crippen LogP contribution >= 0.6 is 24.0 Å². The first-order chi connectivity index (χ1) is 12.9. The van der Waals surface area contributed by atoms with Crippen molar-refractivity contribution in [2.45, 2.75) is 20.4 Å². The molecule has 2 aliphatic rings. The zero-order chi connectivity index (χ0) is 19.1. The Morgan fingerprint density at radius 2 is 2.11 bits per heavy atom. The average molecular weight is 400 g/mol. The number of fused-ring (bicyclic) bond motifs is 1. The smallest absolute Gasteiger partial charge is 0.265 e. The number of carbonyl (C=O) groups excluding carboxylic acids is 2. The quantitative estimate of drug-likeness (QED) is 0.630. The fourth-order valence-electron chi connectivity index (χ4n) is 3.07. The molecule has 27 heavy (non-hydrogen) atoms. The third kappa shape index (κ3) is 3.50. The maximum Gasteiger partial charge on any atom is 0.265 e. The zero-order valence-corrected chi connectivity index (χ0v) is 16.3. The molecule has 0 radical (unpaired) electrons. The van der Waals surface area contributed by atoms with E-state index in [1.165, 1.54) is 11.8 Å². The van der Waals surface area contributed by atoms with Crippen LogP contribution in [0.2, 0.25) is 0 Å². The van der Waals surface area contributed by atoms with Gasteiger partial charge >= 0.3 is 0 Å². The summed E-state index contributed by atoms with van der Waals surface area (Å²) in [5.74, 6) is 1.89. The van der Waals surface area contributed by atoms with Crippen LogP contribution in [0.25, 0.3) is 6.08 Å². The van der Waals surface area contributed by atoms with E-state index in [1.54, 1.807) is 11.0 Å². The number of thioether (sulfide) groups is 1. The number of hydrogen-bond acceptors (Lipinski definition) is 6. The molecule has 1 saturated heterocycles. The van der Waals surface area contributed by atoms with Gasteiger partial charge in [-0.25, -0.2) is 0 Å². The zero-order valence-electron chi connectivity index (χ0n) is 14.7.